The van der Waals surface area contributed by atoms with Gasteiger partial charge in [0.2, 0.25) is 5.91 Å². The number of rotatable bonds is 6. The van der Waals surface area contributed by atoms with Crippen LogP contribution in [0.15, 0.2) is 29.6 Å². The van der Waals surface area contributed by atoms with E-state index < -0.39 is 0 Å². The lowest BCUT2D eigenvalue weighted by Crippen LogP contribution is -2.41. The Morgan fingerprint density at radius 1 is 1.38 bits per heavy atom. The molecule has 24 heavy (non-hydrogen) atoms. The maximum atomic E-state index is 11.4. The Morgan fingerprint density at radius 3 is 2.83 bits per heavy atom. The van der Waals surface area contributed by atoms with E-state index >= 15 is 0 Å². The third-order valence-corrected chi connectivity index (χ3v) is 5.25. The molecule has 0 bridgehead atoms. The van der Waals surface area contributed by atoms with Crippen LogP contribution in [0.3, 0.4) is 0 Å². The first kappa shape index (κ1) is 16.9. The van der Waals surface area contributed by atoms with Gasteiger partial charge >= 0.3 is 0 Å². The first-order valence-corrected chi connectivity index (χ1v) is 9.24. The van der Waals surface area contributed by atoms with Gasteiger partial charge in [0.25, 0.3) is 0 Å². The van der Waals surface area contributed by atoms with E-state index in [1.165, 1.54) is 11.3 Å². The number of amides is 1. The maximum Gasteiger partial charge on any atom is 0.222 e. The molecule has 2 heterocycles. The first-order chi connectivity index (χ1) is 11.6. The lowest BCUT2D eigenvalue weighted by Gasteiger charge is -2.33. The molecular formula is C18H24N4OS. The number of aromatic nitrogens is 1. The van der Waals surface area contributed by atoms with E-state index in [-0.39, 0.29) is 11.8 Å². The molecule has 1 aromatic heterocycles. The van der Waals surface area contributed by atoms with Crippen molar-refractivity contribution in [3.05, 3.63) is 45.9 Å². The van der Waals surface area contributed by atoms with Gasteiger partial charge in [-0.3, -0.25) is 4.79 Å². The number of nitrogens with one attached hydrogen (secondary N) is 1. The van der Waals surface area contributed by atoms with Gasteiger partial charge in [-0.2, -0.15) is 0 Å². The molecule has 128 valence electrons. The molecule has 0 saturated carbocycles. The second kappa shape index (κ2) is 7.77. The molecule has 6 heteroatoms. The molecule has 1 saturated heterocycles. The Labute approximate surface area is 146 Å². The molecule has 1 aliphatic rings. The highest BCUT2D eigenvalue weighted by molar-refractivity contribution is 7.09. The fourth-order valence-electron chi connectivity index (χ4n) is 3.09. The molecule has 3 rings (SSSR count). The Hall–Kier alpha value is -1.92. The highest BCUT2D eigenvalue weighted by Crippen LogP contribution is 2.23. The van der Waals surface area contributed by atoms with Gasteiger partial charge in [0.05, 0.1) is 16.6 Å². The molecule has 1 aromatic carbocycles. The summed E-state index contributed by atoms with van der Waals surface area (Å²) in [7, 11) is 0. The molecule has 0 radical (unpaired) electrons. The van der Waals surface area contributed by atoms with E-state index in [9.17, 15) is 4.79 Å². The number of hydrogen-bond donors (Lipinski definition) is 2. The van der Waals surface area contributed by atoms with E-state index in [1.807, 2.05) is 6.92 Å². The minimum absolute atomic E-state index is 0.0262. The van der Waals surface area contributed by atoms with Crippen LogP contribution in [-0.4, -0.2) is 24.0 Å². The monoisotopic (exact) mass is 344 g/mol. The van der Waals surface area contributed by atoms with Crippen molar-refractivity contribution in [2.24, 2.45) is 11.7 Å². The molecule has 5 nitrogen and oxygen atoms in total. The summed E-state index contributed by atoms with van der Waals surface area (Å²) in [6, 6.07) is 8.55. The number of primary amides is 1. The Morgan fingerprint density at radius 2 is 2.17 bits per heavy atom. The van der Waals surface area contributed by atoms with Crippen LogP contribution in [-0.2, 0) is 17.9 Å². The zero-order chi connectivity index (χ0) is 16.9. The number of nitrogens with zero attached hydrogens (tertiary/aromatic N) is 2. The first-order valence-electron chi connectivity index (χ1n) is 8.37. The quantitative estimate of drug-likeness (QED) is 0.844. The number of piperidine rings is 1. The maximum absolute atomic E-state index is 11.4. The van der Waals surface area contributed by atoms with Gasteiger partial charge in [0.1, 0.15) is 0 Å². The van der Waals surface area contributed by atoms with Gasteiger partial charge in [0, 0.05) is 37.2 Å². The SMILES string of the molecule is Cc1nc(CNCc2ccc(N3CCC[C@H](C(N)=O)C3)cc2)cs1. The van der Waals surface area contributed by atoms with Crippen molar-refractivity contribution in [3.8, 4) is 0 Å². The number of nitrogens with two attached hydrogens (primary N) is 1. The summed E-state index contributed by atoms with van der Waals surface area (Å²) in [6.07, 6.45) is 1.92. The Balaban J connectivity index is 1.52. The van der Waals surface area contributed by atoms with E-state index in [0.717, 1.165) is 49.7 Å². The minimum Gasteiger partial charge on any atom is -0.371 e. The average molecular weight is 344 g/mol. The predicted octanol–water partition coefficient (Wildman–Crippen LogP) is 2.44. The van der Waals surface area contributed by atoms with Crippen molar-refractivity contribution >= 4 is 22.9 Å². The summed E-state index contributed by atoms with van der Waals surface area (Å²) in [5, 5.41) is 6.62. The van der Waals surface area contributed by atoms with Crippen LogP contribution in [0.1, 0.15) is 29.1 Å². The molecule has 0 aliphatic carbocycles. The van der Waals surface area contributed by atoms with E-state index in [4.69, 9.17) is 5.73 Å². The fourth-order valence-corrected chi connectivity index (χ4v) is 3.71. The van der Waals surface area contributed by atoms with Crippen LogP contribution in [0.2, 0.25) is 0 Å². The summed E-state index contributed by atoms with van der Waals surface area (Å²) in [4.78, 5) is 18.1. The summed E-state index contributed by atoms with van der Waals surface area (Å²) in [6.45, 7) is 5.36. The molecule has 1 aliphatic heterocycles. The zero-order valence-electron chi connectivity index (χ0n) is 14.0. The lowest BCUT2D eigenvalue weighted by atomic mass is 9.97. The van der Waals surface area contributed by atoms with Gasteiger partial charge < -0.3 is 16.0 Å². The number of benzene rings is 1. The van der Waals surface area contributed by atoms with Crippen molar-refractivity contribution in [2.45, 2.75) is 32.9 Å². The molecule has 0 spiro atoms. The van der Waals surface area contributed by atoms with Crippen LogP contribution >= 0.6 is 11.3 Å². The molecule has 0 unspecified atom stereocenters. The number of carbonyl (C=O) groups is 1. The normalized spacial score (nSPS) is 17.9. The highest BCUT2D eigenvalue weighted by atomic mass is 32.1. The summed E-state index contributed by atoms with van der Waals surface area (Å²) < 4.78 is 0. The highest BCUT2D eigenvalue weighted by Gasteiger charge is 2.23. The van der Waals surface area contributed by atoms with E-state index in [2.05, 4.69) is 44.8 Å². The van der Waals surface area contributed by atoms with Crippen LogP contribution < -0.4 is 16.0 Å². The van der Waals surface area contributed by atoms with Gasteiger partial charge in [0.15, 0.2) is 0 Å². The van der Waals surface area contributed by atoms with Crippen LogP contribution in [0, 0.1) is 12.8 Å². The standard InChI is InChI=1S/C18H24N4OS/c1-13-21-16(12-24-13)10-20-9-14-4-6-17(7-5-14)22-8-2-3-15(11-22)18(19)23/h4-7,12,15,20H,2-3,8-11H2,1H3,(H2,19,23)/t15-/m0/s1. The number of carbonyl (C=O) groups excluding carboxylic acids is 1. The number of hydrogen-bond acceptors (Lipinski definition) is 5. The molecule has 1 fully saturated rings. The third kappa shape index (κ3) is 4.33. The van der Waals surface area contributed by atoms with Gasteiger partial charge in [-0.25, -0.2) is 4.98 Å². The minimum atomic E-state index is -0.183. The largest absolute Gasteiger partial charge is 0.371 e. The Kier molecular flexibility index (Phi) is 5.48. The van der Waals surface area contributed by atoms with Crippen LogP contribution in [0.25, 0.3) is 0 Å². The lowest BCUT2D eigenvalue weighted by molar-refractivity contribution is -0.122. The summed E-state index contributed by atoms with van der Waals surface area (Å²) >= 11 is 1.68. The van der Waals surface area contributed by atoms with Crippen molar-refractivity contribution in [2.75, 3.05) is 18.0 Å². The van der Waals surface area contributed by atoms with Crippen molar-refractivity contribution in [1.82, 2.24) is 10.3 Å². The third-order valence-electron chi connectivity index (χ3n) is 4.43. The van der Waals surface area contributed by atoms with Gasteiger partial charge in [-0.1, -0.05) is 12.1 Å². The van der Waals surface area contributed by atoms with E-state index in [1.54, 1.807) is 11.3 Å². The van der Waals surface area contributed by atoms with Gasteiger partial charge in [-0.05, 0) is 37.5 Å². The number of thiazole rings is 1. The van der Waals surface area contributed by atoms with Crippen LogP contribution in [0.4, 0.5) is 5.69 Å². The molecular weight excluding hydrogens is 320 g/mol. The number of anilines is 1. The predicted molar refractivity (Wildman–Crippen MR) is 98.0 cm³/mol. The molecule has 3 N–H and O–H groups in total. The van der Waals surface area contributed by atoms with Gasteiger partial charge in [-0.15, -0.1) is 11.3 Å². The molecule has 1 amide bonds. The average Bonchev–Trinajstić information content (AvgIpc) is 3.01. The summed E-state index contributed by atoms with van der Waals surface area (Å²) in [5.41, 5.74) is 8.97. The van der Waals surface area contributed by atoms with Crippen molar-refractivity contribution in [3.63, 3.8) is 0 Å². The number of aryl methyl sites for hydroxylation is 1. The van der Waals surface area contributed by atoms with Crippen molar-refractivity contribution < 1.29 is 4.79 Å². The smallest absolute Gasteiger partial charge is 0.222 e. The topological polar surface area (TPSA) is 71.2 Å². The second-order valence-electron chi connectivity index (χ2n) is 6.32. The van der Waals surface area contributed by atoms with E-state index in [0.29, 0.717) is 0 Å². The zero-order valence-corrected chi connectivity index (χ0v) is 14.8. The summed E-state index contributed by atoms with van der Waals surface area (Å²) in [5.74, 6) is -0.209. The van der Waals surface area contributed by atoms with Crippen molar-refractivity contribution in [1.29, 1.82) is 0 Å². The Bertz CT molecular complexity index is 683. The molecule has 2 aromatic rings. The fraction of sp³-hybridized carbons (Fsp3) is 0.444. The second-order valence-corrected chi connectivity index (χ2v) is 7.38. The van der Waals surface area contributed by atoms with Crippen LogP contribution in [0.5, 0.6) is 0 Å². The molecule has 1 atom stereocenters.